The molecule has 0 saturated carbocycles. The third-order valence-electron chi connectivity index (χ3n) is 11.8. The number of hydrogen-bond donors (Lipinski definition) is 7. The molecule has 80 heavy (non-hydrogen) atoms. The smallest absolute Gasteiger partial charge is 0.292 e. The maximum atomic E-state index is 11.6. The van der Waals surface area contributed by atoms with Gasteiger partial charge in [0.15, 0.2) is 11.6 Å². The number of halogens is 6. The summed E-state index contributed by atoms with van der Waals surface area (Å²) in [4.78, 5) is 22.3. The Hall–Kier alpha value is -7.72. The van der Waals surface area contributed by atoms with Crippen LogP contribution < -0.4 is 50.1 Å². The van der Waals surface area contributed by atoms with Crippen molar-refractivity contribution >= 4 is 116 Å². The van der Waals surface area contributed by atoms with Gasteiger partial charge in [-0.2, -0.15) is 15.3 Å². The van der Waals surface area contributed by atoms with Crippen LogP contribution in [0.1, 0.15) is 33.8 Å². The number of nitrogens with zero attached hydrogens (tertiary/aromatic N) is 4. The topological polar surface area (TPSA) is 264 Å². The van der Waals surface area contributed by atoms with Crippen molar-refractivity contribution in [1.82, 2.24) is 30.6 Å². The first kappa shape index (κ1) is 61.5. The lowest BCUT2D eigenvalue weighted by Crippen LogP contribution is -2.09. The van der Waals surface area contributed by atoms with Gasteiger partial charge in [0.1, 0.15) is 46.0 Å². The predicted octanol–water partition coefficient (Wildman–Crippen LogP) is 13.7. The average Bonchev–Trinajstić information content (AvgIpc) is 4.27. The molecule has 0 unspecified atom stereocenters. The minimum Gasteiger partial charge on any atom is -0.495 e. The molecule has 0 aliphatic rings. The van der Waals surface area contributed by atoms with Crippen molar-refractivity contribution in [3.63, 3.8) is 0 Å². The van der Waals surface area contributed by atoms with Crippen LogP contribution in [0.4, 0.5) is 40.2 Å². The van der Waals surface area contributed by atoms with Gasteiger partial charge >= 0.3 is 0 Å². The van der Waals surface area contributed by atoms with Gasteiger partial charge in [-0.05, 0) is 79.5 Å². The van der Waals surface area contributed by atoms with Gasteiger partial charge in [-0.1, -0.05) is 100 Å². The molecule has 20 nitrogen and oxygen atoms in total. The monoisotopic (exact) mass is 1210 g/mol. The fourth-order valence-electron chi connectivity index (χ4n) is 7.76. The summed E-state index contributed by atoms with van der Waals surface area (Å²) in [5.74, 6) is 4.27. The largest absolute Gasteiger partial charge is 0.495 e. The third kappa shape index (κ3) is 15.8. The molecule has 8 N–H and O–H groups in total. The molecule has 422 valence electrons. The van der Waals surface area contributed by atoms with Crippen LogP contribution in [0.2, 0.25) is 30.1 Å². The molecular formula is C54H55Cl6N11O9. The second-order valence-corrected chi connectivity index (χ2v) is 19.1. The highest BCUT2D eigenvalue weighted by atomic mass is 35.5. The van der Waals surface area contributed by atoms with Crippen LogP contribution in [0.25, 0.3) is 0 Å². The Kier molecular flexibility index (Phi) is 22.7. The Morgan fingerprint density at radius 2 is 0.875 bits per heavy atom. The summed E-state index contributed by atoms with van der Waals surface area (Å²) < 4.78 is 31.6. The van der Waals surface area contributed by atoms with E-state index in [2.05, 4.69) is 53.1 Å². The molecule has 0 radical (unpaired) electrons. The number of nitrogens with one attached hydrogen (secondary N) is 6. The Balaban J connectivity index is 0.000000198. The summed E-state index contributed by atoms with van der Waals surface area (Å²) in [6.45, 7) is 3.47. The van der Waals surface area contributed by atoms with Crippen molar-refractivity contribution in [2.75, 3.05) is 64.3 Å². The van der Waals surface area contributed by atoms with Crippen molar-refractivity contribution in [1.29, 1.82) is 0 Å². The summed E-state index contributed by atoms with van der Waals surface area (Å²) in [5.41, 5.74) is 12.0. The number of nitro groups is 1. The third-order valence-corrected chi connectivity index (χ3v) is 14.3. The quantitative estimate of drug-likeness (QED) is 0.0189. The van der Waals surface area contributed by atoms with Gasteiger partial charge < -0.3 is 50.1 Å². The maximum Gasteiger partial charge on any atom is 0.292 e. The molecule has 0 atom stereocenters. The van der Waals surface area contributed by atoms with E-state index in [1.54, 1.807) is 83.0 Å². The molecule has 0 fully saturated rings. The van der Waals surface area contributed by atoms with Gasteiger partial charge in [-0.25, -0.2) is 0 Å². The molecule has 5 aromatic carbocycles. The number of nitro benzene ring substituents is 1. The maximum absolute atomic E-state index is 11.6. The second-order valence-electron chi connectivity index (χ2n) is 16.8. The van der Waals surface area contributed by atoms with E-state index < -0.39 is 4.92 Å². The number of aromatic nitrogens is 6. The van der Waals surface area contributed by atoms with Gasteiger partial charge in [0, 0.05) is 59.5 Å². The van der Waals surface area contributed by atoms with Crippen molar-refractivity contribution < 1.29 is 38.1 Å². The molecule has 0 aliphatic carbocycles. The first-order valence-corrected chi connectivity index (χ1v) is 26.2. The van der Waals surface area contributed by atoms with E-state index in [1.807, 2.05) is 24.3 Å². The molecule has 0 bridgehead atoms. The van der Waals surface area contributed by atoms with E-state index in [9.17, 15) is 14.9 Å². The number of rotatable bonds is 22. The summed E-state index contributed by atoms with van der Waals surface area (Å²) >= 11 is 38.3. The highest BCUT2D eigenvalue weighted by molar-refractivity contribution is 6.39. The van der Waals surface area contributed by atoms with Crippen LogP contribution in [-0.4, -0.2) is 84.1 Å². The molecule has 0 saturated heterocycles. The number of carbonyl (C=O) groups excluding carboxylic acids is 1. The van der Waals surface area contributed by atoms with E-state index in [1.165, 1.54) is 26.4 Å². The molecule has 3 aromatic heterocycles. The van der Waals surface area contributed by atoms with Crippen molar-refractivity contribution in [3.05, 3.63) is 172 Å². The van der Waals surface area contributed by atoms with Crippen molar-refractivity contribution in [2.45, 2.75) is 38.5 Å². The van der Waals surface area contributed by atoms with E-state index in [0.717, 1.165) is 28.2 Å². The summed E-state index contributed by atoms with van der Waals surface area (Å²) in [6.07, 6.45) is 4.75. The van der Waals surface area contributed by atoms with E-state index in [4.69, 9.17) is 104 Å². The van der Waals surface area contributed by atoms with Crippen LogP contribution in [0.3, 0.4) is 0 Å². The van der Waals surface area contributed by atoms with Crippen LogP contribution in [-0.2, 0) is 43.3 Å². The minimum atomic E-state index is -0.448. The average molecular weight is 1210 g/mol. The fourth-order valence-corrected chi connectivity index (χ4v) is 9.83. The van der Waals surface area contributed by atoms with Gasteiger partial charge in [-0.15, -0.1) is 0 Å². The number of hydrogen-bond acceptors (Lipinski definition) is 15. The Morgan fingerprint density at radius 3 is 1.23 bits per heavy atom. The van der Waals surface area contributed by atoms with Crippen molar-refractivity contribution in [2.24, 2.45) is 0 Å². The molecule has 26 heteroatoms. The SMILES string of the molecule is C=CC(=O)Nc1ccccc1Nc1cc(CCc2c(Cl)c(OC)cc(OC)c2Cl)[nH]n1.COc1cc(OC)c(Cl)c(CCc2cc(N)n[nH]2)c1Cl.COc1cc(OC)c(Cl)c(CCc2cc(Nc3ccccc3[N+](=O)[O-])n[nH]2)c1Cl. The number of aryl methyl sites for hydroxylation is 3. The van der Waals surface area contributed by atoms with E-state index in [-0.39, 0.29) is 11.6 Å². The molecule has 8 rings (SSSR count). The number of anilines is 6. The number of nitrogens with two attached hydrogens (primary N) is 1. The first-order valence-electron chi connectivity index (χ1n) is 23.9. The van der Waals surface area contributed by atoms with Crippen LogP contribution in [0.15, 0.2) is 97.6 Å². The number of nitrogen functional groups attached to an aromatic ring is 1. The van der Waals surface area contributed by atoms with Crippen LogP contribution in [0.5, 0.6) is 34.5 Å². The van der Waals surface area contributed by atoms with Crippen LogP contribution >= 0.6 is 69.6 Å². The molecule has 1 amide bonds. The van der Waals surface area contributed by atoms with E-state index in [0.29, 0.717) is 143 Å². The van der Waals surface area contributed by atoms with Gasteiger partial charge in [0.2, 0.25) is 5.91 Å². The lowest BCUT2D eigenvalue weighted by Gasteiger charge is -2.14. The Morgan fingerprint density at radius 1 is 0.537 bits per heavy atom. The highest BCUT2D eigenvalue weighted by Gasteiger charge is 2.21. The summed E-state index contributed by atoms with van der Waals surface area (Å²) in [6, 6.07) is 24.1. The number of aromatic amines is 3. The molecule has 0 spiro atoms. The number of para-hydroxylation sites is 4. The number of H-pyrrole nitrogens is 3. The number of ether oxygens (including phenoxy) is 6. The fraction of sp³-hybridized carbons (Fsp3) is 0.222. The van der Waals surface area contributed by atoms with Crippen molar-refractivity contribution in [3.8, 4) is 34.5 Å². The Labute approximate surface area is 490 Å². The first-order chi connectivity index (χ1) is 38.5. The zero-order valence-corrected chi connectivity index (χ0v) is 48.5. The van der Waals surface area contributed by atoms with Gasteiger partial charge in [-0.3, -0.25) is 30.2 Å². The standard InChI is InChI=1S/C22H22Cl2N4O3.C19H18Cl2N4O4.C13H15Cl2N3O2/c1-4-20(29)26-16-8-6-5-7-15(16)25-19-11-13(27-28-19)9-10-14-21(23)17(30-2)12-18(31-3)22(14)24;1-28-15-10-16(29-2)19(21)12(18(15)20)8-7-11-9-17(24-23-11)22-13-5-3-4-6-14(13)25(26)27;1-19-9-6-10(20-2)13(15)8(12(9)14)4-3-7-5-11(16)18-17-7/h4-8,11-12H,1,9-10H2,2-3H3,(H,26,29)(H2,25,27,28);3-6,9-10H,7-8H2,1-2H3,(H2,22,23,24);5-6H,3-4H2,1-2H3,(H3,16,17,18). The predicted molar refractivity (Wildman–Crippen MR) is 316 cm³/mol. The lowest BCUT2D eigenvalue weighted by molar-refractivity contribution is -0.383. The van der Waals surface area contributed by atoms with Gasteiger partial charge in [0.25, 0.3) is 5.69 Å². The normalized spacial score (nSPS) is 10.6. The summed E-state index contributed by atoms with van der Waals surface area (Å²) in [7, 11) is 9.23. The van der Waals surface area contributed by atoms with Gasteiger partial charge in [0.05, 0.1) is 89.1 Å². The van der Waals surface area contributed by atoms with E-state index >= 15 is 0 Å². The number of amides is 1. The number of carbonyl (C=O) groups is 1. The molecule has 0 aliphatic heterocycles. The number of methoxy groups -OCH3 is 6. The Bertz CT molecular complexity index is 3360. The second kappa shape index (κ2) is 29.5. The lowest BCUT2D eigenvalue weighted by atomic mass is 10.1. The molecule has 3 heterocycles. The minimum absolute atomic E-state index is 0.0286. The zero-order valence-electron chi connectivity index (χ0n) is 43.9. The van der Waals surface area contributed by atoms with Crippen LogP contribution in [0, 0.1) is 10.1 Å². The summed E-state index contributed by atoms with van der Waals surface area (Å²) in [5, 5.41) is 43.9. The molecular weight excluding hydrogens is 1160 g/mol. The zero-order chi connectivity index (χ0) is 58.0. The number of benzene rings is 5. The highest BCUT2D eigenvalue weighted by Crippen LogP contribution is 2.43. The molecule has 8 aromatic rings.